The topological polar surface area (TPSA) is 139 Å². The molecule has 1 heterocycles. The third kappa shape index (κ3) is 11.9. The van der Waals surface area contributed by atoms with Gasteiger partial charge in [0.15, 0.2) is 0 Å². The molecule has 0 unspecified atom stereocenters. The van der Waals surface area contributed by atoms with Crippen LogP contribution in [0.5, 0.6) is 0 Å². The van der Waals surface area contributed by atoms with Gasteiger partial charge in [0.2, 0.25) is 0 Å². The highest BCUT2D eigenvalue weighted by molar-refractivity contribution is 5.73. The summed E-state index contributed by atoms with van der Waals surface area (Å²) < 4.78 is 11.0. The van der Waals surface area contributed by atoms with Gasteiger partial charge >= 0.3 is 12.1 Å². The van der Waals surface area contributed by atoms with Gasteiger partial charge in [-0.15, -0.1) is 0 Å². The third-order valence-electron chi connectivity index (χ3n) is 9.45. The van der Waals surface area contributed by atoms with E-state index in [0.717, 1.165) is 50.5 Å². The van der Waals surface area contributed by atoms with Crippen molar-refractivity contribution in [2.24, 2.45) is 47.2 Å². The number of aliphatic hydroxyl groups is 3. The largest absolute Gasteiger partial charge is 0.462 e. The number of hydrogen-bond acceptors (Lipinski definition) is 7. The highest BCUT2D eigenvalue weighted by atomic mass is 16.6. The molecular weight excluding hydrogens is 522 g/mol. The summed E-state index contributed by atoms with van der Waals surface area (Å²) >= 11 is 0. The van der Waals surface area contributed by atoms with Crippen molar-refractivity contribution < 1.29 is 34.4 Å². The predicted molar refractivity (Wildman–Crippen MR) is 163 cm³/mol. The monoisotopic (exact) mass is 583 g/mol. The van der Waals surface area contributed by atoms with Crippen molar-refractivity contribution in [1.29, 1.82) is 0 Å². The molecule has 12 atom stereocenters. The van der Waals surface area contributed by atoms with Crippen molar-refractivity contribution in [3.63, 3.8) is 0 Å². The van der Waals surface area contributed by atoms with Crippen LogP contribution in [0.3, 0.4) is 0 Å². The molecule has 0 radical (unpaired) electrons. The number of allylic oxidation sites excluding steroid dienone is 1. The van der Waals surface area contributed by atoms with Crippen LogP contribution in [0.25, 0.3) is 0 Å². The Kier molecular flexibility index (Phi) is 16.5. The molecule has 8 heteroatoms. The van der Waals surface area contributed by atoms with E-state index in [9.17, 15) is 24.9 Å². The molecule has 1 saturated heterocycles. The molecule has 0 bridgehead atoms. The van der Waals surface area contributed by atoms with Crippen LogP contribution < -0.4 is 5.73 Å². The molecule has 0 saturated carbocycles. The molecule has 0 aromatic heterocycles. The SMILES string of the molecule is CCCC[C@H](C)[C@H](OC(N)=O)[C@@H](C)[C@H](O)[C@@H](C)C/C(C)=C\[C@H](C)[C@@H](O)[C@@H](C)CCCC[C@@H]1OC(=O)[C@H](C)[C@@H](O)[C@H]1C. The molecule has 1 aliphatic rings. The third-order valence-corrected chi connectivity index (χ3v) is 9.45. The summed E-state index contributed by atoms with van der Waals surface area (Å²) in [5, 5.41) is 32.4. The average Bonchev–Trinajstić information content (AvgIpc) is 2.92. The lowest BCUT2D eigenvalue weighted by atomic mass is 9.80. The Morgan fingerprint density at radius 1 is 1.00 bits per heavy atom. The number of unbranched alkanes of at least 4 members (excludes halogenated alkanes) is 2. The Hall–Kier alpha value is -1.64. The molecule has 0 aromatic rings. The van der Waals surface area contributed by atoms with Crippen molar-refractivity contribution in [1.82, 2.24) is 0 Å². The van der Waals surface area contributed by atoms with E-state index in [4.69, 9.17) is 15.2 Å². The summed E-state index contributed by atoms with van der Waals surface area (Å²) in [6.45, 7) is 17.8. The van der Waals surface area contributed by atoms with Crippen LogP contribution in [-0.4, -0.2) is 57.9 Å². The first kappa shape index (κ1) is 37.4. The fourth-order valence-corrected chi connectivity index (χ4v) is 6.52. The Labute approximate surface area is 249 Å². The lowest BCUT2D eigenvalue weighted by molar-refractivity contribution is -0.177. The molecular formula is C33H61NO7. The fraction of sp³-hybridized carbons (Fsp3) is 0.879. The predicted octanol–water partition coefficient (Wildman–Crippen LogP) is 6.00. The standard InChI is InChI=1S/C33H61NO7/c1-10-11-14-21(4)31(41-33(34)39)25(8)29(36)23(6)18-19(2)17-22(5)28(35)20(3)15-12-13-16-27-24(7)30(37)26(9)32(38)40-27/h17,20-31,35-37H,10-16,18H2,1-9H3,(H2,34,39)/b19-17-/t20-,21-,22-,23-,24-,25-,26+,27-,28-,29+,30-,31-/m0/s1. The van der Waals surface area contributed by atoms with Gasteiger partial charge in [0.1, 0.15) is 12.2 Å². The zero-order valence-corrected chi connectivity index (χ0v) is 27.2. The Morgan fingerprint density at radius 2 is 1.61 bits per heavy atom. The van der Waals surface area contributed by atoms with Crippen LogP contribution in [-0.2, 0) is 14.3 Å². The molecule has 240 valence electrons. The van der Waals surface area contributed by atoms with E-state index in [1.807, 2.05) is 41.5 Å². The van der Waals surface area contributed by atoms with Gasteiger partial charge in [-0.1, -0.05) is 79.4 Å². The molecule has 41 heavy (non-hydrogen) atoms. The van der Waals surface area contributed by atoms with Crippen LogP contribution in [0.4, 0.5) is 4.79 Å². The number of nitrogens with two attached hydrogens (primary N) is 1. The van der Waals surface area contributed by atoms with Gasteiger partial charge in [-0.25, -0.2) is 4.79 Å². The smallest absolute Gasteiger partial charge is 0.404 e. The molecule has 8 nitrogen and oxygen atoms in total. The zero-order chi connectivity index (χ0) is 31.4. The molecule has 1 amide bonds. The molecule has 1 fully saturated rings. The van der Waals surface area contributed by atoms with E-state index >= 15 is 0 Å². The molecule has 0 aliphatic carbocycles. The van der Waals surface area contributed by atoms with Gasteiger partial charge in [0.25, 0.3) is 0 Å². The average molecular weight is 584 g/mol. The number of carbonyl (C=O) groups is 2. The van der Waals surface area contributed by atoms with Crippen LogP contribution >= 0.6 is 0 Å². The number of hydrogen-bond donors (Lipinski definition) is 4. The highest BCUT2D eigenvalue weighted by Gasteiger charge is 2.40. The number of primary amides is 1. The maximum Gasteiger partial charge on any atom is 0.404 e. The summed E-state index contributed by atoms with van der Waals surface area (Å²) in [4.78, 5) is 23.5. The summed E-state index contributed by atoms with van der Waals surface area (Å²) in [7, 11) is 0. The number of amides is 1. The minimum absolute atomic E-state index is 0.0391. The van der Waals surface area contributed by atoms with E-state index in [1.54, 1.807) is 6.92 Å². The minimum atomic E-state index is -0.807. The maximum absolute atomic E-state index is 12.0. The Balaban J connectivity index is 2.60. The lowest BCUT2D eigenvalue weighted by Crippen LogP contribution is -2.46. The van der Waals surface area contributed by atoms with E-state index in [1.165, 1.54) is 0 Å². The maximum atomic E-state index is 12.0. The number of ether oxygens (including phenoxy) is 2. The molecule has 0 spiro atoms. The van der Waals surface area contributed by atoms with E-state index in [0.29, 0.717) is 6.42 Å². The number of carbonyl (C=O) groups excluding carboxylic acids is 2. The van der Waals surface area contributed by atoms with E-state index < -0.39 is 36.4 Å². The molecule has 1 rings (SSSR count). The lowest BCUT2D eigenvalue weighted by Gasteiger charge is -2.36. The van der Waals surface area contributed by atoms with Crippen LogP contribution in [0.2, 0.25) is 0 Å². The first-order valence-electron chi connectivity index (χ1n) is 16.0. The van der Waals surface area contributed by atoms with Gasteiger partial charge in [0, 0.05) is 17.8 Å². The normalized spacial score (nSPS) is 27.6. The van der Waals surface area contributed by atoms with Crippen molar-refractivity contribution in [2.75, 3.05) is 0 Å². The summed E-state index contributed by atoms with van der Waals surface area (Å²) in [6, 6.07) is 0. The number of esters is 1. The zero-order valence-electron chi connectivity index (χ0n) is 27.2. The summed E-state index contributed by atoms with van der Waals surface area (Å²) in [5.41, 5.74) is 6.46. The van der Waals surface area contributed by atoms with Crippen LogP contribution in [0.1, 0.15) is 114 Å². The van der Waals surface area contributed by atoms with Gasteiger partial charge in [-0.2, -0.15) is 0 Å². The second-order valence-corrected chi connectivity index (χ2v) is 13.3. The minimum Gasteiger partial charge on any atom is -0.462 e. The van der Waals surface area contributed by atoms with Gasteiger partial charge in [0.05, 0.1) is 24.2 Å². The molecule has 0 aromatic carbocycles. The molecule has 5 N–H and O–H groups in total. The van der Waals surface area contributed by atoms with E-state index in [2.05, 4.69) is 19.9 Å². The van der Waals surface area contributed by atoms with Crippen molar-refractivity contribution >= 4 is 12.1 Å². The Morgan fingerprint density at radius 3 is 2.20 bits per heavy atom. The summed E-state index contributed by atoms with van der Waals surface area (Å²) in [6.07, 6.45) is 5.78. The van der Waals surface area contributed by atoms with Crippen molar-refractivity contribution in [3.05, 3.63) is 11.6 Å². The van der Waals surface area contributed by atoms with Gasteiger partial charge in [-0.05, 0) is 63.7 Å². The van der Waals surface area contributed by atoms with Crippen molar-refractivity contribution in [3.8, 4) is 0 Å². The fourth-order valence-electron chi connectivity index (χ4n) is 6.52. The second kappa shape index (κ2) is 18.1. The number of rotatable bonds is 18. The number of cyclic esters (lactones) is 1. The second-order valence-electron chi connectivity index (χ2n) is 13.3. The highest BCUT2D eigenvalue weighted by Crippen LogP contribution is 2.32. The first-order valence-corrected chi connectivity index (χ1v) is 16.0. The molecule has 1 aliphatic heterocycles. The van der Waals surface area contributed by atoms with E-state index in [-0.39, 0.29) is 47.6 Å². The van der Waals surface area contributed by atoms with Crippen LogP contribution in [0, 0.1) is 41.4 Å². The van der Waals surface area contributed by atoms with Crippen LogP contribution in [0.15, 0.2) is 11.6 Å². The van der Waals surface area contributed by atoms with Gasteiger partial charge in [-0.3, -0.25) is 4.79 Å². The first-order chi connectivity index (χ1) is 19.1. The summed E-state index contributed by atoms with van der Waals surface area (Å²) in [5.74, 6) is -1.02. The van der Waals surface area contributed by atoms with Gasteiger partial charge < -0.3 is 30.5 Å². The Bertz CT molecular complexity index is 817. The number of aliphatic hydroxyl groups excluding tert-OH is 3. The van der Waals surface area contributed by atoms with Crippen molar-refractivity contribution in [2.45, 2.75) is 144 Å². The quantitative estimate of drug-likeness (QED) is 0.0882.